The molecular weight excluding hydrogens is 354 g/mol. The fourth-order valence-corrected chi connectivity index (χ4v) is 3.17. The first-order valence-electron chi connectivity index (χ1n) is 9.25. The van der Waals surface area contributed by atoms with E-state index in [4.69, 9.17) is 11.1 Å². The first-order chi connectivity index (χ1) is 13.3. The molecule has 1 aromatic carbocycles. The normalized spacial score (nSPS) is 11.3. The summed E-state index contributed by atoms with van der Waals surface area (Å²) in [7, 11) is 3.89. The molecule has 28 heavy (non-hydrogen) atoms. The second-order valence-corrected chi connectivity index (χ2v) is 7.21. The molecule has 4 N–H and O–H groups in total. The van der Waals surface area contributed by atoms with Crippen LogP contribution in [0.25, 0.3) is 16.7 Å². The number of nitrogens with one attached hydrogen (secondary N) is 2. The molecule has 0 amide bonds. The van der Waals surface area contributed by atoms with Gasteiger partial charge < -0.3 is 20.5 Å². The number of rotatable bonds is 7. The van der Waals surface area contributed by atoms with Crippen LogP contribution >= 0.6 is 0 Å². The van der Waals surface area contributed by atoms with E-state index in [1.165, 1.54) is 5.56 Å². The van der Waals surface area contributed by atoms with Gasteiger partial charge in [0.25, 0.3) is 0 Å². The van der Waals surface area contributed by atoms with Gasteiger partial charge in [0.05, 0.1) is 5.69 Å². The summed E-state index contributed by atoms with van der Waals surface area (Å²) in [5.41, 5.74) is 8.72. The Balaban J connectivity index is 1.64. The minimum Gasteiger partial charge on any atom is -0.370 e. The predicted molar refractivity (Wildman–Crippen MR) is 112 cm³/mol. The number of aromatic nitrogens is 3. The topological polar surface area (TPSA) is 107 Å². The number of hydrogen-bond donors (Lipinski definition) is 3. The quantitative estimate of drug-likeness (QED) is 0.426. The summed E-state index contributed by atoms with van der Waals surface area (Å²) in [4.78, 5) is 23.5. The van der Waals surface area contributed by atoms with E-state index in [1.807, 2.05) is 50.5 Å². The number of H-pyrrole nitrogens is 1. The van der Waals surface area contributed by atoms with E-state index >= 15 is 0 Å². The molecule has 0 spiro atoms. The third kappa shape index (κ3) is 4.58. The van der Waals surface area contributed by atoms with Crippen LogP contribution in [0.3, 0.4) is 0 Å². The molecule has 0 atom stereocenters. The minimum absolute atomic E-state index is 0.0935. The molecular formula is C20H27N7O. The molecule has 148 valence electrons. The van der Waals surface area contributed by atoms with Crippen LogP contribution in [0.5, 0.6) is 0 Å². The van der Waals surface area contributed by atoms with Crippen molar-refractivity contribution in [2.45, 2.75) is 19.9 Å². The van der Waals surface area contributed by atoms with Crippen LogP contribution in [0.2, 0.25) is 0 Å². The molecule has 0 aliphatic carbocycles. The monoisotopic (exact) mass is 381 g/mol. The summed E-state index contributed by atoms with van der Waals surface area (Å²) in [5.74, 6) is 0.0935. The molecule has 3 aromatic rings. The Bertz CT molecular complexity index is 1020. The van der Waals surface area contributed by atoms with Crippen LogP contribution in [-0.4, -0.2) is 57.5 Å². The van der Waals surface area contributed by atoms with Gasteiger partial charge in [-0.25, -0.2) is 4.79 Å². The molecule has 2 heterocycles. The number of nitrogens with zero attached hydrogens (tertiary/aromatic N) is 4. The predicted octanol–water partition coefficient (Wildman–Crippen LogP) is 1.67. The Morgan fingerprint density at radius 3 is 2.64 bits per heavy atom. The van der Waals surface area contributed by atoms with Crippen molar-refractivity contribution < 1.29 is 0 Å². The lowest BCUT2D eigenvalue weighted by molar-refractivity contribution is 0.307. The number of benzene rings is 1. The first-order valence-corrected chi connectivity index (χ1v) is 9.25. The van der Waals surface area contributed by atoms with Crippen molar-refractivity contribution >= 4 is 17.0 Å². The van der Waals surface area contributed by atoms with Gasteiger partial charge in [-0.1, -0.05) is 12.1 Å². The lowest BCUT2D eigenvalue weighted by Gasteiger charge is -2.20. The van der Waals surface area contributed by atoms with Crippen LogP contribution < -0.4 is 11.4 Å². The fourth-order valence-electron chi connectivity index (χ4n) is 3.17. The smallest absolute Gasteiger partial charge is 0.354 e. The number of hydrogen-bond acceptors (Lipinski definition) is 4. The number of aromatic amines is 1. The Hall–Kier alpha value is -3.13. The van der Waals surface area contributed by atoms with E-state index in [0.717, 1.165) is 42.8 Å². The van der Waals surface area contributed by atoms with Gasteiger partial charge in [-0.15, -0.1) is 0 Å². The standard InChI is InChI=1S/C20H27N7O/c1-14-11-16-13-27(20(28)24-18(16)23-14)17-7-5-15(6-8-17)12-25(2)9-4-10-26(3)19(21)22/h5-8,11,13H,4,9-10,12H2,1-3H3,(H3,21,22)(H,23,24,28). The van der Waals surface area contributed by atoms with E-state index in [2.05, 4.69) is 21.9 Å². The SMILES string of the molecule is Cc1cc2cn(-c3ccc(CN(C)CCCN(C)C(=N)N)cc3)c(=O)nc2[nH]1. The van der Waals surface area contributed by atoms with Gasteiger partial charge in [0.2, 0.25) is 0 Å². The zero-order valence-corrected chi connectivity index (χ0v) is 16.6. The lowest BCUT2D eigenvalue weighted by atomic mass is 10.2. The van der Waals surface area contributed by atoms with Gasteiger partial charge in [0.15, 0.2) is 5.96 Å². The van der Waals surface area contributed by atoms with Crippen molar-refractivity contribution in [3.05, 3.63) is 58.3 Å². The van der Waals surface area contributed by atoms with E-state index < -0.39 is 0 Å². The largest absolute Gasteiger partial charge is 0.370 e. The summed E-state index contributed by atoms with van der Waals surface area (Å²) in [6.45, 7) is 4.43. The highest BCUT2D eigenvalue weighted by Crippen LogP contribution is 2.14. The number of nitrogens with two attached hydrogens (primary N) is 1. The van der Waals surface area contributed by atoms with E-state index in [0.29, 0.717) is 5.65 Å². The van der Waals surface area contributed by atoms with Crippen LogP contribution in [0.15, 0.2) is 41.3 Å². The minimum atomic E-state index is -0.297. The van der Waals surface area contributed by atoms with Crippen molar-refractivity contribution in [1.29, 1.82) is 5.41 Å². The summed E-state index contributed by atoms with van der Waals surface area (Å²) in [5, 5.41) is 8.29. The maximum absolute atomic E-state index is 12.3. The third-order valence-corrected chi connectivity index (χ3v) is 4.75. The molecule has 2 aromatic heterocycles. The molecule has 0 bridgehead atoms. The molecule has 8 heteroatoms. The Labute approximate surface area is 164 Å². The molecule has 0 fully saturated rings. The second-order valence-electron chi connectivity index (χ2n) is 7.21. The molecule has 0 saturated heterocycles. The van der Waals surface area contributed by atoms with Gasteiger partial charge in [-0.3, -0.25) is 9.98 Å². The molecule has 3 rings (SSSR count). The van der Waals surface area contributed by atoms with E-state index in [1.54, 1.807) is 9.47 Å². The highest BCUT2D eigenvalue weighted by molar-refractivity contribution is 5.75. The average Bonchev–Trinajstić information content (AvgIpc) is 3.00. The van der Waals surface area contributed by atoms with E-state index in [-0.39, 0.29) is 11.6 Å². The lowest BCUT2D eigenvalue weighted by Crippen LogP contribution is -2.34. The van der Waals surface area contributed by atoms with Crippen LogP contribution in [0, 0.1) is 12.3 Å². The molecule has 0 unspecified atom stereocenters. The molecule has 0 saturated carbocycles. The highest BCUT2D eigenvalue weighted by atomic mass is 16.1. The Morgan fingerprint density at radius 1 is 1.25 bits per heavy atom. The fraction of sp³-hybridized carbons (Fsp3) is 0.350. The van der Waals surface area contributed by atoms with Gasteiger partial charge in [-0.05, 0) is 50.7 Å². The van der Waals surface area contributed by atoms with Crippen molar-refractivity contribution in [3.63, 3.8) is 0 Å². The maximum Gasteiger partial charge on any atom is 0.354 e. The third-order valence-electron chi connectivity index (χ3n) is 4.75. The van der Waals surface area contributed by atoms with Crippen molar-refractivity contribution in [3.8, 4) is 5.69 Å². The van der Waals surface area contributed by atoms with Gasteiger partial charge in [-0.2, -0.15) is 4.98 Å². The number of guanidine groups is 1. The molecule has 8 nitrogen and oxygen atoms in total. The summed E-state index contributed by atoms with van der Waals surface area (Å²) in [6.07, 6.45) is 2.75. The molecule has 0 radical (unpaired) electrons. The Kier molecular flexibility index (Phi) is 5.79. The summed E-state index contributed by atoms with van der Waals surface area (Å²) >= 11 is 0. The maximum atomic E-state index is 12.3. The number of fused-ring (bicyclic) bond motifs is 1. The number of aryl methyl sites for hydroxylation is 1. The Morgan fingerprint density at radius 2 is 1.96 bits per heavy atom. The van der Waals surface area contributed by atoms with Gasteiger partial charge in [0, 0.05) is 37.4 Å². The molecule has 0 aliphatic heterocycles. The zero-order valence-electron chi connectivity index (χ0n) is 16.6. The summed E-state index contributed by atoms with van der Waals surface area (Å²) < 4.78 is 1.57. The van der Waals surface area contributed by atoms with Crippen LogP contribution in [0.4, 0.5) is 0 Å². The van der Waals surface area contributed by atoms with Crippen molar-refractivity contribution in [2.24, 2.45) is 5.73 Å². The summed E-state index contributed by atoms with van der Waals surface area (Å²) in [6, 6.07) is 9.94. The van der Waals surface area contributed by atoms with Crippen LogP contribution in [0.1, 0.15) is 17.7 Å². The highest BCUT2D eigenvalue weighted by Gasteiger charge is 2.07. The first kappa shape index (κ1) is 19.6. The van der Waals surface area contributed by atoms with Crippen LogP contribution in [-0.2, 0) is 6.54 Å². The van der Waals surface area contributed by atoms with Gasteiger partial charge in [0.1, 0.15) is 5.65 Å². The van der Waals surface area contributed by atoms with E-state index in [9.17, 15) is 4.79 Å². The zero-order chi connectivity index (χ0) is 20.3. The average molecular weight is 381 g/mol. The van der Waals surface area contributed by atoms with Crippen molar-refractivity contribution in [2.75, 3.05) is 27.2 Å². The second kappa shape index (κ2) is 8.26. The van der Waals surface area contributed by atoms with Gasteiger partial charge >= 0.3 is 5.69 Å². The van der Waals surface area contributed by atoms with Crippen molar-refractivity contribution in [1.82, 2.24) is 24.3 Å². The molecule has 0 aliphatic rings.